The number of nitrogens with one attached hydrogen (secondary N) is 1. The molecule has 1 atom stereocenters. The summed E-state index contributed by atoms with van der Waals surface area (Å²) in [6.07, 6.45) is 0. The van der Waals surface area contributed by atoms with Gasteiger partial charge in [-0.2, -0.15) is 0 Å². The zero-order valence-electron chi connectivity index (χ0n) is 11.0. The molecule has 8 nitrogen and oxygen atoms in total. The maximum atomic E-state index is 11.7. The van der Waals surface area contributed by atoms with Gasteiger partial charge in [0, 0.05) is 7.05 Å². The van der Waals surface area contributed by atoms with Gasteiger partial charge < -0.3 is 15.3 Å². The van der Waals surface area contributed by atoms with Crippen molar-refractivity contribution in [3.8, 4) is 0 Å². The molecule has 1 aliphatic rings. The first-order valence-electron chi connectivity index (χ1n) is 5.81. The zero-order valence-corrected chi connectivity index (χ0v) is 11.0. The van der Waals surface area contributed by atoms with Crippen molar-refractivity contribution in [3.63, 3.8) is 0 Å². The smallest absolute Gasteiger partial charge is 0.327 e. The van der Waals surface area contributed by atoms with Gasteiger partial charge >= 0.3 is 12.0 Å². The summed E-state index contributed by atoms with van der Waals surface area (Å²) >= 11 is 0. The van der Waals surface area contributed by atoms with Crippen molar-refractivity contribution in [1.82, 2.24) is 15.1 Å². The van der Waals surface area contributed by atoms with Gasteiger partial charge in [-0.3, -0.25) is 14.5 Å². The van der Waals surface area contributed by atoms with E-state index in [1.54, 1.807) is 13.8 Å². The summed E-state index contributed by atoms with van der Waals surface area (Å²) in [4.78, 5) is 47.6. The molecule has 1 heterocycles. The standard InChI is InChI=1S/C11H17N3O5/c1-6(2)9(10(17)18)12-7(15)4-14-8(16)5-13(3)11(14)19/h6,9H,4-5H2,1-3H3,(H,12,15)(H,17,18). The first kappa shape index (κ1) is 14.9. The minimum atomic E-state index is -1.15. The van der Waals surface area contributed by atoms with E-state index in [0.717, 1.165) is 4.90 Å². The van der Waals surface area contributed by atoms with Gasteiger partial charge in [-0.15, -0.1) is 0 Å². The lowest BCUT2D eigenvalue weighted by molar-refractivity contribution is -0.143. The van der Waals surface area contributed by atoms with Gasteiger partial charge in [0.1, 0.15) is 19.1 Å². The highest BCUT2D eigenvalue weighted by atomic mass is 16.4. The number of nitrogens with zero attached hydrogens (tertiary/aromatic N) is 2. The van der Waals surface area contributed by atoms with Gasteiger partial charge in [-0.05, 0) is 5.92 Å². The molecular formula is C11H17N3O5. The SMILES string of the molecule is CC(C)C(NC(=O)CN1C(=O)CN(C)C1=O)C(=O)O. The molecule has 0 aliphatic carbocycles. The van der Waals surface area contributed by atoms with Crippen molar-refractivity contribution in [2.45, 2.75) is 19.9 Å². The molecule has 0 aromatic heterocycles. The van der Waals surface area contributed by atoms with Crippen molar-refractivity contribution in [2.24, 2.45) is 5.92 Å². The van der Waals surface area contributed by atoms with E-state index in [4.69, 9.17) is 5.11 Å². The second kappa shape index (κ2) is 5.68. The highest BCUT2D eigenvalue weighted by Crippen LogP contribution is 2.08. The maximum absolute atomic E-state index is 11.7. The van der Waals surface area contributed by atoms with Gasteiger partial charge in [-0.1, -0.05) is 13.8 Å². The predicted octanol–water partition coefficient (Wildman–Crippen LogP) is -0.894. The van der Waals surface area contributed by atoms with E-state index in [1.807, 2.05) is 0 Å². The zero-order chi connectivity index (χ0) is 14.7. The van der Waals surface area contributed by atoms with Gasteiger partial charge in [0.15, 0.2) is 0 Å². The van der Waals surface area contributed by atoms with Crippen molar-refractivity contribution in [1.29, 1.82) is 0 Å². The third kappa shape index (κ3) is 3.43. The van der Waals surface area contributed by atoms with E-state index in [-0.39, 0.29) is 12.5 Å². The monoisotopic (exact) mass is 271 g/mol. The minimum Gasteiger partial charge on any atom is -0.480 e. The van der Waals surface area contributed by atoms with E-state index >= 15 is 0 Å². The molecule has 8 heteroatoms. The van der Waals surface area contributed by atoms with Crippen molar-refractivity contribution in [2.75, 3.05) is 20.1 Å². The number of hydrogen-bond acceptors (Lipinski definition) is 4. The molecule has 0 spiro atoms. The lowest BCUT2D eigenvalue weighted by Gasteiger charge is -2.20. The molecule has 0 radical (unpaired) electrons. The molecular weight excluding hydrogens is 254 g/mol. The number of carboxylic acid groups (broad SMARTS) is 1. The Morgan fingerprint density at radius 1 is 1.37 bits per heavy atom. The van der Waals surface area contributed by atoms with Gasteiger partial charge in [0.25, 0.3) is 5.91 Å². The average Bonchev–Trinajstić information content (AvgIpc) is 2.52. The highest BCUT2D eigenvalue weighted by molar-refractivity contribution is 6.04. The van der Waals surface area contributed by atoms with Crippen LogP contribution in [0.1, 0.15) is 13.8 Å². The van der Waals surface area contributed by atoms with Crippen molar-refractivity contribution < 1.29 is 24.3 Å². The number of urea groups is 1. The van der Waals surface area contributed by atoms with Crippen LogP contribution in [0.15, 0.2) is 0 Å². The topological polar surface area (TPSA) is 107 Å². The Hall–Kier alpha value is -2.12. The Morgan fingerprint density at radius 3 is 2.32 bits per heavy atom. The number of carboxylic acids is 1. The number of hydrogen-bond donors (Lipinski definition) is 2. The van der Waals surface area contributed by atoms with Crippen LogP contribution in [-0.2, 0) is 14.4 Å². The van der Waals surface area contributed by atoms with E-state index in [9.17, 15) is 19.2 Å². The highest BCUT2D eigenvalue weighted by Gasteiger charge is 2.35. The normalized spacial score (nSPS) is 17.1. The fraction of sp³-hybridized carbons (Fsp3) is 0.636. The van der Waals surface area contributed by atoms with Crippen LogP contribution in [0.5, 0.6) is 0 Å². The quantitative estimate of drug-likeness (QED) is 0.630. The maximum Gasteiger partial charge on any atom is 0.327 e. The summed E-state index contributed by atoms with van der Waals surface area (Å²) < 4.78 is 0. The molecule has 0 bridgehead atoms. The number of amides is 4. The summed E-state index contributed by atoms with van der Waals surface area (Å²) in [5.74, 6) is -2.59. The van der Waals surface area contributed by atoms with E-state index < -0.39 is 36.4 Å². The van der Waals surface area contributed by atoms with Gasteiger partial charge in [0.05, 0.1) is 0 Å². The molecule has 1 rings (SSSR count). The largest absolute Gasteiger partial charge is 0.480 e. The van der Waals surface area contributed by atoms with Crippen LogP contribution in [0.2, 0.25) is 0 Å². The first-order chi connectivity index (χ1) is 8.73. The summed E-state index contributed by atoms with van der Waals surface area (Å²) in [6, 6.07) is -1.60. The van der Waals surface area contributed by atoms with E-state index in [1.165, 1.54) is 11.9 Å². The van der Waals surface area contributed by atoms with Crippen LogP contribution >= 0.6 is 0 Å². The number of imide groups is 1. The molecule has 106 valence electrons. The molecule has 2 N–H and O–H groups in total. The Bertz CT molecular complexity index is 421. The van der Waals surface area contributed by atoms with Crippen LogP contribution in [0.25, 0.3) is 0 Å². The van der Waals surface area contributed by atoms with E-state index in [0.29, 0.717) is 0 Å². The number of likely N-dealkylation sites (N-methyl/N-ethyl adjacent to an activating group) is 1. The number of carbonyl (C=O) groups is 4. The second-order valence-corrected chi connectivity index (χ2v) is 4.75. The summed E-state index contributed by atoms with van der Waals surface area (Å²) in [5.41, 5.74) is 0. The molecule has 0 aromatic carbocycles. The summed E-state index contributed by atoms with van der Waals surface area (Å²) in [5, 5.41) is 11.2. The average molecular weight is 271 g/mol. The van der Waals surface area contributed by atoms with E-state index in [2.05, 4.69) is 5.32 Å². The Morgan fingerprint density at radius 2 is 1.95 bits per heavy atom. The van der Waals surface area contributed by atoms with Crippen LogP contribution in [0.3, 0.4) is 0 Å². The number of carbonyl (C=O) groups excluding carboxylic acids is 3. The number of rotatable bonds is 5. The number of aliphatic carboxylic acids is 1. The van der Waals surface area contributed by atoms with Crippen molar-refractivity contribution in [3.05, 3.63) is 0 Å². The third-order valence-electron chi connectivity index (χ3n) is 2.78. The molecule has 1 saturated heterocycles. The molecule has 0 saturated carbocycles. The summed E-state index contributed by atoms with van der Waals surface area (Å²) in [7, 11) is 1.45. The van der Waals surface area contributed by atoms with Gasteiger partial charge in [0.2, 0.25) is 5.91 Å². The third-order valence-corrected chi connectivity index (χ3v) is 2.78. The lowest BCUT2D eigenvalue weighted by Crippen LogP contribution is -2.49. The molecule has 1 aliphatic heterocycles. The Labute approximate surface area is 110 Å². The van der Waals surface area contributed by atoms with Crippen LogP contribution in [0.4, 0.5) is 4.79 Å². The molecule has 1 fully saturated rings. The predicted molar refractivity (Wildman–Crippen MR) is 64.1 cm³/mol. The summed E-state index contributed by atoms with van der Waals surface area (Å²) in [6.45, 7) is 2.77. The molecule has 0 aromatic rings. The molecule has 19 heavy (non-hydrogen) atoms. The Kier molecular flexibility index (Phi) is 4.47. The van der Waals surface area contributed by atoms with Crippen LogP contribution < -0.4 is 5.32 Å². The molecule has 4 amide bonds. The van der Waals surface area contributed by atoms with Gasteiger partial charge in [-0.25, -0.2) is 9.59 Å². The Balaban J connectivity index is 2.63. The first-order valence-corrected chi connectivity index (χ1v) is 5.81. The second-order valence-electron chi connectivity index (χ2n) is 4.75. The van der Waals surface area contributed by atoms with Crippen LogP contribution in [-0.4, -0.2) is 64.9 Å². The fourth-order valence-corrected chi connectivity index (χ4v) is 1.70. The fourth-order valence-electron chi connectivity index (χ4n) is 1.70. The lowest BCUT2D eigenvalue weighted by atomic mass is 10.0. The van der Waals surface area contributed by atoms with Crippen LogP contribution in [0, 0.1) is 5.92 Å². The molecule has 1 unspecified atom stereocenters. The minimum absolute atomic E-state index is 0.0708. The van der Waals surface area contributed by atoms with Crippen molar-refractivity contribution >= 4 is 23.8 Å².